The second kappa shape index (κ2) is 12.3. The summed E-state index contributed by atoms with van der Waals surface area (Å²) in [4.78, 5) is 12.9. The van der Waals surface area contributed by atoms with E-state index in [1.54, 1.807) is 30.3 Å². The molecule has 0 aliphatic carbocycles. The highest BCUT2D eigenvalue weighted by atomic mass is 32.2. The molecule has 1 N–H and O–H groups in total. The number of sulfonamides is 1. The lowest BCUT2D eigenvalue weighted by Crippen LogP contribution is -2.47. The minimum atomic E-state index is -3.67. The fraction of sp³-hybridized carbons (Fsp3) is 0.500. The van der Waals surface area contributed by atoms with Crippen LogP contribution in [0.25, 0.3) is 0 Å². The molecule has 186 valence electrons. The number of carbonyl (C=O) groups is 1. The molecule has 1 fully saturated rings. The first-order chi connectivity index (χ1) is 16.3. The molecular weight excluding hydrogens is 452 g/mol. The Morgan fingerprint density at radius 1 is 1.06 bits per heavy atom. The van der Waals surface area contributed by atoms with Crippen LogP contribution in [0.1, 0.15) is 32.8 Å². The van der Waals surface area contributed by atoms with E-state index in [0.717, 1.165) is 5.56 Å². The van der Waals surface area contributed by atoms with Gasteiger partial charge in [-0.3, -0.25) is 0 Å². The van der Waals surface area contributed by atoms with Gasteiger partial charge in [-0.15, -0.1) is 0 Å². The molecule has 3 unspecified atom stereocenters. The number of hydrogen-bond donors (Lipinski definition) is 1. The van der Waals surface area contributed by atoms with Gasteiger partial charge in [0.05, 0.1) is 18.1 Å². The topological polar surface area (TPSA) is 84.9 Å². The van der Waals surface area contributed by atoms with E-state index in [1.165, 1.54) is 4.31 Å². The third kappa shape index (κ3) is 7.55. The molecule has 1 aliphatic heterocycles. The molecule has 1 aliphatic rings. The van der Waals surface area contributed by atoms with Crippen LogP contribution in [0.4, 0.5) is 4.79 Å². The smallest absolute Gasteiger partial charge is 0.407 e. The van der Waals surface area contributed by atoms with Gasteiger partial charge in [0.2, 0.25) is 10.0 Å². The quantitative estimate of drug-likeness (QED) is 0.515. The highest BCUT2D eigenvalue weighted by Gasteiger charge is 2.31. The summed E-state index contributed by atoms with van der Waals surface area (Å²) in [6, 6.07) is 18.1. The summed E-state index contributed by atoms with van der Waals surface area (Å²) in [6.45, 7) is 7.63. The summed E-state index contributed by atoms with van der Waals surface area (Å²) in [5.74, 6) is -0.0108. The maximum Gasteiger partial charge on any atom is 0.407 e. The number of alkyl carbamates (subject to hydrolysis) is 1. The Hall–Kier alpha value is -2.42. The minimum absolute atomic E-state index is 0.151. The van der Waals surface area contributed by atoms with Gasteiger partial charge >= 0.3 is 6.09 Å². The highest BCUT2D eigenvalue weighted by Crippen LogP contribution is 2.21. The van der Waals surface area contributed by atoms with Gasteiger partial charge in [0, 0.05) is 25.6 Å². The van der Waals surface area contributed by atoms with Gasteiger partial charge in [0.25, 0.3) is 0 Å². The molecule has 7 nitrogen and oxygen atoms in total. The maximum atomic E-state index is 13.4. The van der Waals surface area contributed by atoms with Crippen LogP contribution in [0, 0.1) is 11.8 Å². The van der Waals surface area contributed by atoms with Gasteiger partial charge < -0.3 is 14.8 Å². The number of ether oxygens (including phenoxy) is 2. The Bertz CT molecular complexity index is 992. The van der Waals surface area contributed by atoms with Crippen molar-refractivity contribution in [1.82, 2.24) is 9.62 Å². The predicted octanol–water partition coefficient (Wildman–Crippen LogP) is 4.10. The largest absolute Gasteiger partial charge is 0.444 e. The van der Waals surface area contributed by atoms with Crippen LogP contribution >= 0.6 is 0 Å². The van der Waals surface area contributed by atoms with Gasteiger partial charge in [0.15, 0.2) is 0 Å². The summed E-state index contributed by atoms with van der Waals surface area (Å²) < 4.78 is 39.2. The zero-order valence-electron chi connectivity index (χ0n) is 20.2. The zero-order valence-corrected chi connectivity index (χ0v) is 21.0. The molecule has 3 rings (SSSR count). The summed E-state index contributed by atoms with van der Waals surface area (Å²) in [6.07, 6.45) is 0.511. The Labute approximate surface area is 203 Å². The van der Waals surface area contributed by atoms with Crippen molar-refractivity contribution < 1.29 is 22.7 Å². The Kier molecular flexibility index (Phi) is 9.50. The Morgan fingerprint density at radius 2 is 1.71 bits per heavy atom. The van der Waals surface area contributed by atoms with Crippen molar-refractivity contribution in [2.75, 3.05) is 26.3 Å². The fourth-order valence-electron chi connectivity index (χ4n) is 4.07. The maximum absolute atomic E-state index is 13.4. The molecular formula is C26H36N2O5S. The van der Waals surface area contributed by atoms with Crippen molar-refractivity contribution >= 4 is 16.1 Å². The first kappa shape index (κ1) is 26.2. The lowest BCUT2D eigenvalue weighted by molar-refractivity contribution is 0.0785. The summed E-state index contributed by atoms with van der Waals surface area (Å²) >= 11 is 0. The number of amides is 1. The predicted molar refractivity (Wildman–Crippen MR) is 132 cm³/mol. The molecule has 2 aromatic rings. The van der Waals surface area contributed by atoms with E-state index < -0.39 is 16.1 Å². The molecule has 0 radical (unpaired) electrons. The SMILES string of the molecule is CC(C)CN(CC(C)C(Cc1ccccc1)NC(=O)OC1CCOC1)S(=O)(=O)c1ccccc1. The lowest BCUT2D eigenvalue weighted by Gasteiger charge is -2.31. The van der Waals surface area contributed by atoms with Crippen LogP contribution in [0.15, 0.2) is 65.6 Å². The van der Waals surface area contributed by atoms with Crippen LogP contribution in [0.2, 0.25) is 0 Å². The molecule has 3 atom stereocenters. The van der Waals surface area contributed by atoms with E-state index in [1.807, 2.05) is 51.1 Å². The fourth-order valence-corrected chi connectivity index (χ4v) is 5.80. The van der Waals surface area contributed by atoms with Crippen molar-refractivity contribution in [2.24, 2.45) is 11.8 Å². The number of nitrogens with zero attached hydrogens (tertiary/aromatic N) is 1. The molecule has 1 amide bonds. The van der Waals surface area contributed by atoms with Gasteiger partial charge in [-0.2, -0.15) is 4.31 Å². The lowest BCUT2D eigenvalue weighted by atomic mass is 9.94. The molecule has 1 heterocycles. The number of nitrogens with one attached hydrogen (secondary N) is 1. The number of rotatable bonds is 11. The van der Waals surface area contributed by atoms with Crippen molar-refractivity contribution in [3.63, 3.8) is 0 Å². The third-order valence-corrected chi connectivity index (χ3v) is 7.74. The van der Waals surface area contributed by atoms with E-state index >= 15 is 0 Å². The molecule has 0 spiro atoms. The van der Waals surface area contributed by atoms with E-state index in [-0.39, 0.29) is 35.4 Å². The Balaban J connectivity index is 1.78. The zero-order chi connectivity index (χ0) is 24.6. The average Bonchev–Trinajstić information content (AvgIpc) is 3.32. The van der Waals surface area contributed by atoms with E-state index in [0.29, 0.717) is 32.6 Å². The average molecular weight is 489 g/mol. The minimum Gasteiger partial charge on any atom is -0.444 e. The van der Waals surface area contributed by atoms with Gasteiger partial charge in [-0.1, -0.05) is 69.3 Å². The number of carbonyl (C=O) groups excluding carboxylic acids is 1. The van der Waals surface area contributed by atoms with Crippen molar-refractivity contribution in [3.8, 4) is 0 Å². The first-order valence-electron chi connectivity index (χ1n) is 11.9. The van der Waals surface area contributed by atoms with E-state index in [9.17, 15) is 13.2 Å². The number of hydrogen-bond acceptors (Lipinski definition) is 5. The third-order valence-electron chi connectivity index (χ3n) is 5.89. The second-order valence-electron chi connectivity index (χ2n) is 9.34. The van der Waals surface area contributed by atoms with E-state index in [2.05, 4.69) is 5.32 Å². The first-order valence-corrected chi connectivity index (χ1v) is 13.3. The van der Waals surface area contributed by atoms with E-state index in [4.69, 9.17) is 9.47 Å². The van der Waals surface area contributed by atoms with Crippen molar-refractivity contribution in [3.05, 3.63) is 66.2 Å². The molecule has 1 saturated heterocycles. The van der Waals surface area contributed by atoms with Crippen LogP contribution < -0.4 is 5.32 Å². The molecule has 8 heteroatoms. The van der Waals surface area contributed by atoms with Crippen molar-refractivity contribution in [2.45, 2.75) is 50.7 Å². The van der Waals surface area contributed by atoms with Crippen LogP contribution in [-0.4, -0.2) is 57.3 Å². The molecule has 0 bridgehead atoms. The van der Waals surface area contributed by atoms with Gasteiger partial charge in [-0.05, 0) is 36.0 Å². The standard InChI is InChI=1S/C26H36N2O5S/c1-20(2)17-28(34(30,31)24-12-8-5-9-13-24)18-21(3)25(16-22-10-6-4-7-11-22)27-26(29)33-23-14-15-32-19-23/h4-13,20-21,23,25H,14-19H2,1-3H3,(H,27,29). The van der Waals surface area contributed by atoms with Crippen LogP contribution in [0.3, 0.4) is 0 Å². The molecule has 34 heavy (non-hydrogen) atoms. The summed E-state index contributed by atoms with van der Waals surface area (Å²) in [5.41, 5.74) is 1.06. The monoisotopic (exact) mass is 488 g/mol. The summed E-state index contributed by atoms with van der Waals surface area (Å²) in [7, 11) is -3.67. The van der Waals surface area contributed by atoms with Gasteiger partial charge in [0.1, 0.15) is 6.10 Å². The van der Waals surface area contributed by atoms with Crippen LogP contribution in [0.5, 0.6) is 0 Å². The molecule has 0 saturated carbocycles. The van der Waals surface area contributed by atoms with Crippen LogP contribution in [-0.2, 0) is 25.9 Å². The normalized spacial score (nSPS) is 18.1. The second-order valence-corrected chi connectivity index (χ2v) is 11.3. The van der Waals surface area contributed by atoms with Gasteiger partial charge in [-0.25, -0.2) is 13.2 Å². The number of benzene rings is 2. The molecule has 0 aromatic heterocycles. The highest BCUT2D eigenvalue weighted by molar-refractivity contribution is 7.89. The molecule has 2 aromatic carbocycles. The summed E-state index contributed by atoms with van der Waals surface area (Å²) in [5, 5.41) is 3.00. The Morgan fingerprint density at radius 3 is 2.29 bits per heavy atom. The van der Waals surface area contributed by atoms with Crippen molar-refractivity contribution in [1.29, 1.82) is 0 Å².